The van der Waals surface area contributed by atoms with Gasteiger partial charge in [-0.25, -0.2) is 0 Å². The summed E-state index contributed by atoms with van der Waals surface area (Å²) in [5.41, 5.74) is 0.209. The zero-order valence-corrected chi connectivity index (χ0v) is 12.1. The third kappa shape index (κ3) is 3.19. The maximum absolute atomic E-state index is 12.2. The fourth-order valence-electron chi connectivity index (χ4n) is 2.65. The van der Waals surface area contributed by atoms with Gasteiger partial charge in [0.05, 0.1) is 12.1 Å². The summed E-state index contributed by atoms with van der Waals surface area (Å²) in [4.78, 5) is 16.6. The molecule has 18 heavy (non-hydrogen) atoms. The van der Waals surface area contributed by atoms with E-state index in [-0.39, 0.29) is 5.78 Å². The van der Waals surface area contributed by atoms with Gasteiger partial charge in [0.15, 0.2) is 5.78 Å². The molecule has 0 aliphatic carbocycles. The SMILES string of the molecule is Cc1cc(C(=O)CN2CCCC(C)(O)C2)c(C)s1. The topological polar surface area (TPSA) is 40.5 Å². The third-order valence-electron chi connectivity index (χ3n) is 3.46. The summed E-state index contributed by atoms with van der Waals surface area (Å²) in [6, 6.07) is 1.98. The van der Waals surface area contributed by atoms with Gasteiger partial charge in [0.25, 0.3) is 0 Å². The number of β-amino-alcohol motifs (C(OH)–C–C–N with tert-alkyl or cyclic N) is 1. The van der Waals surface area contributed by atoms with E-state index in [1.807, 2.05) is 26.8 Å². The van der Waals surface area contributed by atoms with Gasteiger partial charge in [-0.3, -0.25) is 9.69 Å². The summed E-state index contributed by atoms with van der Waals surface area (Å²) in [5.74, 6) is 0.176. The molecule has 0 spiro atoms. The van der Waals surface area contributed by atoms with E-state index in [9.17, 15) is 9.90 Å². The Hall–Kier alpha value is -0.710. The molecule has 0 bridgehead atoms. The van der Waals surface area contributed by atoms with Crippen molar-refractivity contribution >= 4 is 17.1 Å². The molecule has 1 aromatic rings. The van der Waals surface area contributed by atoms with Gasteiger partial charge in [0.1, 0.15) is 0 Å². The number of rotatable bonds is 3. The van der Waals surface area contributed by atoms with Crippen molar-refractivity contribution in [2.45, 2.75) is 39.2 Å². The summed E-state index contributed by atoms with van der Waals surface area (Å²) in [6.07, 6.45) is 1.79. The highest BCUT2D eigenvalue weighted by Crippen LogP contribution is 2.23. The molecule has 4 heteroatoms. The van der Waals surface area contributed by atoms with Crippen molar-refractivity contribution in [1.29, 1.82) is 0 Å². The van der Waals surface area contributed by atoms with Gasteiger partial charge in [0, 0.05) is 21.9 Å². The quantitative estimate of drug-likeness (QED) is 0.855. The molecular formula is C14H21NO2S. The van der Waals surface area contributed by atoms with Crippen LogP contribution in [0.1, 0.15) is 39.9 Å². The molecule has 1 N–H and O–H groups in total. The molecule has 1 atom stereocenters. The van der Waals surface area contributed by atoms with Crippen LogP contribution in [0.3, 0.4) is 0 Å². The normalized spacial score (nSPS) is 25.3. The highest BCUT2D eigenvalue weighted by atomic mass is 32.1. The van der Waals surface area contributed by atoms with E-state index >= 15 is 0 Å². The number of nitrogens with zero attached hydrogens (tertiary/aromatic N) is 1. The van der Waals surface area contributed by atoms with Crippen molar-refractivity contribution in [2.75, 3.05) is 19.6 Å². The van der Waals surface area contributed by atoms with Gasteiger partial charge in [-0.1, -0.05) is 0 Å². The largest absolute Gasteiger partial charge is 0.389 e. The second kappa shape index (κ2) is 5.11. The van der Waals surface area contributed by atoms with Crippen molar-refractivity contribution in [3.8, 4) is 0 Å². The molecule has 1 aliphatic rings. The lowest BCUT2D eigenvalue weighted by molar-refractivity contribution is -0.0132. The minimum absolute atomic E-state index is 0.176. The van der Waals surface area contributed by atoms with Crippen molar-refractivity contribution in [3.63, 3.8) is 0 Å². The number of hydrogen-bond acceptors (Lipinski definition) is 4. The van der Waals surface area contributed by atoms with E-state index in [0.717, 1.165) is 29.8 Å². The molecule has 1 saturated heterocycles. The van der Waals surface area contributed by atoms with Crippen LogP contribution in [0.2, 0.25) is 0 Å². The molecular weight excluding hydrogens is 246 g/mol. The first kappa shape index (κ1) is 13.7. The number of aliphatic hydroxyl groups is 1. The van der Waals surface area contributed by atoms with Gasteiger partial charge in [0.2, 0.25) is 0 Å². The van der Waals surface area contributed by atoms with Crippen molar-refractivity contribution in [3.05, 3.63) is 21.4 Å². The van der Waals surface area contributed by atoms with Crippen LogP contribution in [-0.2, 0) is 0 Å². The number of carbonyl (C=O) groups excluding carboxylic acids is 1. The van der Waals surface area contributed by atoms with Crippen molar-refractivity contribution < 1.29 is 9.90 Å². The van der Waals surface area contributed by atoms with Crippen LogP contribution in [0, 0.1) is 13.8 Å². The second-order valence-electron chi connectivity index (χ2n) is 5.56. The molecule has 2 rings (SSSR count). The van der Waals surface area contributed by atoms with Crippen LogP contribution in [0.5, 0.6) is 0 Å². The Labute approximate surface area is 112 Å². The molecule has 100 valence electrons. The lowest BCUT2D eigenvalue weighted by Crippen LogP contribution is -2.47. The molecule has 1 unspecified atom stereocenters. The highest BCUT2D eigenvalue weighted by Gasteiger charge is 2.29. The fraction of sp³-hybridized carbons (Fsp3) is 0.643. The van der Waals surface area contributed by atoms with Crippen LogP contribution in [0.4, 0.5) is 0 Å². The molecule has 0 saturated carbocycles. The van der Waals surface area contributed by atoms with E-state index in [0.29, 0.717) is 13.1 Å². The first-order valence-corrected chi connectivity index (χ1v) is 7.24. The molecule has 0 amide bonds. The number of hydrogen-bond donors (Lipinski definition) is 1. The average Bonchev–Trinajstić information content (AvgIpc) is 2.56. The number of likely N-dealkylation sites (tertiary alicyclic amines) is 1. The lowest BCUT2D eigenvalue weighted by Gasteiger charge is -2.36. The number of aryl methyl sites for hydroxylation is 2. The maximum Gasteiger partial charge on any atom is 0.177 e. The number of ketones is 1. The van der Waals surface area contributed by atoms with Gasteiger partial charge in [-0.15, -0.1) is 11.3 Å². The zero-order chi connectivity index (χ0) is 13.3. The summed E-state index contributed by atoms with van der Waals surface area (Å²) in [7, 11) is 0. The second-order valence-corrected chi connectivity index (χ2v) is 7.02. The Morgan fingerprint density at radius 2 is 2.28 bits per heavy atom. The smallest absolute Gasteiger partial charge is 0.177 e. The fourth-order valence-corrected chi connectivity index (χ4v) is 3.60. The molecule has 3 nitrogen and oxygen atoms in total. The van der Waals surface area contributed by atoms with E-state index in [4.69, 9.17) is 0 Å². The van der Waals surface area contributed by atoms with E-state index in [1.165, 1.54) is 4.88 Å². The Morgan fingerprint density at radius 1 is 1.56 bits per heavy atom. The monoisotopic (exact) mass is 267 g/mol. The van der Waals surface area contributed by atoms with Crippen LogP contribution in [0.15, 0.2) is 6.07 Å². The highest BCUT2D eigenvalue weighted by molar-refractivity contribution is 7.12. The van der Waals surface area contributed by atoms with Crippen LogP contribution in [-0.4, -0.2) is 41.0 Å². The minimum atomic E-state index is -0.641. The van der Waals surface area contributed by atoms with Crippen molar-refractivity contribution in [1.82, 2.24) is 4.90 Å². The Kier molecular flexibility index (Phi) is 3.90. The number of thiophene rings is 1. The first-order chi connectivity index (χ1) is 8.37. The minimum Gasteiger partial charge on any atom is -0.389 e. The molecule has 0 aromatic carbocycles. The Bertz CT molecular complexity index is 451. The predicted molar refractivity (Wildman–Crippen MR) is 74.4 cm³/mol. The van der Waals surface area contributed by atoms with Crippen LogP contribution < -0.4 is 0 Å². The number of carbonyl (C=O) groups is 1. The number of piperidine rings is 1. The van der Waals surface area contributed by atoms with Crippen LogP contribution >= 0.6 is 11.3 Å². The van der Waals surface area contributed by atoms with E-state index < -0.39 is 5.60 Å². The summed E-state index contributed by atoms with van der Waals surface area (Å²) in [6.45, 7) is 7.80. The standard InChI is InChI=1S/C14H21NO2S/c1-10-7-12(11(2)18-10)13(16)8-15-6-4-5-14(3,17)9-15/h7,17H,4-6,8-9H2,1-3H3. The predicted octanol–water partition coefficient (Wildman–Crippen LogP) is 2.39. The summed E-state index contributed by atoms with van der Waals surface area (Å²) in [5, 5.41) is 10.0. The first-order valence-electron chi connectivity index (χ1n) is 6.42. The number of Topliss-reactive ketones (excluding diaryl/α,β-unsaturated/α-hetero) is 1. The van der Waals surface area contributed by atoms with Gasteiger partial charge in [-0.05, 0) is 46.2 Å². The molecule has 0 radical (unpaired) electrons. The lowest BCUT2D eigenvalue weighted by atomic mass is 9.95. The zero-order valence-electron chi connectivity index (χ0n) is 11.3. The van der Waals surface area contributed by atoms with Gasteiger partial charge >= 0.3 is 0 Å². The summed E-state index contributed by atoms with van der Waals surface area (Å²) < 4.78 is 0. The third-order valence-corrected chi connectivity index (χ3v) is 4.43. The van der Waals surface area contributed by atoms with E-state index in [2.05, 4.69) is 4.90 Å². The molecule has 1 aromatic heterocycles. The Balaban J connectivity index is 2.01. The molecule has 2 heterocycles. The summed E-state index contributed by atoms with van der Waals surface area (Å²) >= 11 is 1.67. The average molecular weight is 267 g/mol. The van der Waals surface area contributed by atoms with Crippen molar-refractivity contribution in [2.24, 2.45) is 0 Å². The molecule has 1 aliphatic heterocycles. The Morgan fingerprint density at radius 3 is 2.83 bits per heavy atom. The molecule has 1 fully saturated rings. The van der Waals surface area contributed by atoms with Gasteiger partial charge < -0.3 is 5.11 Å². The maximum atomic E-state index is 12.2. The van der Waals surface area contributed by atoms with E-state index in [1.54, 1.807) is 11.3 Å². The van der Waals surface area contributed by atoms with Crippen LogP contribution in [0.25, 0.3) is 0 Å². The van der Waals surface area contributed by atoms with Gasteiger partial charge in [-0.2, -0.15) is 0 Å².